The van der Waals surface area contributed by atoms with Gasteiger partial charge in [-0.3, -0.25) is 10.1 Å². The Morgan fingerprint density at radius 1 is 1.40 bits per heavy atom. The van der Waals surface area contributed by atoms with Gasteiger partial charge in [-0.15, -0.1) is 10.2 Å². The fraction of sp³-hybridized carbons (Fsp3) is 0.385. The molecule has 2 aromatic rings. The summed E-state index contributed by atoms with van der Waals surface area (Å²) in [5, 5.41) is 19.4. The smallest absolute Gasteiger partial charge is 0.280 e. The highest BCUT2D eigenvalue weighted by atomic mass is 16.6. The summed E-state index contributed by atoms with van der Waals surface area (Å²) in [4.78, 5) is 10.8. The first kappa shape index (κ1) is 14.1. The minimum Gasteiger partial charge on any atom is -0.324 e. The third-order valence-electron chi connectivity index (χ3n) is 3.13. The summed E-state index contributed by atoms with van der Waals surface area (Å²) in [6.07, 6.45) is 0.873. The van der Waals surface area contributed by atoms with Crippen molar-refractivity contribution in [3.63, 3.8) is 0 Å². The van der Waals surface area contributed by atoms with Crippen LogP contribution in [0.4, 0.5) is 5.69 Å². The Morgan fingerprint density at radius 2 is 2.15 bits per heavy atom. The Bertz CT molecular complexity index is 636. The number of nitrogens with zero attached hydrogens (tertiary/aromatic N) is 4. The molecule has 0 amide bonds. The van der Waals surface area contributed by atoms with Crippen LogP contribution in [-0.2, 0) is 13.1 Å². The molecule has 0 aliphatic heterocycles. The van der Waals surface area contributed by atoms with Crippen LogP contribution in [0.5, 0.6) is 0 Å². The molecule has 0 aliphatic rings. The second-order valence-electron chi connectivity index (χ2n) is 4.52. The van der Waals surface area contributed by atoms with Crippen molar-refractivity contribution in [2.75, 3.05) is 0 Å². The van der Waals surface area contributed by atoms with Gasteiger partial charge in [0, 0.05) is 12.6 Å². The lowest BCUT2D eigenvalue weighted by atomic mass is 10.1. The monoisotopic (exact) mass is 275 g/mol. The van der Waals surface area contributed by atoms with Gasteiger partial charge in [-0.2, -0.15) is 0 Å². The Balaban J connectivity index is 2.68. The SMILES string of the molecule is CCCn1c(CN)nnc1-c1c(C)cccc1[N+](=O)[O-]. The quantitative estimate of drug-likeness (QED) is 0.664. The van der Waals surface area contributed by atoms with Gasteiger partial charge >= 0.3 is 0 Å². The molecule has 1 aromatic heterocycles. The zero-order valence-corrected chi connectivity index (χ0v) is 11.5. The zero-order chi connectivity index (χ0) is 14.7. The molecule has 0 radical (unpaired) electrons. The van der Waals surface area contributed by atoms with Gasteiger partial charge in [-0.05, 0) is 18.9 Å². The van der Waals surface area contributed by atoms with E-state index in [0.717, 1.165) is 12.0 Å². The number of nitro benzene ring substituents is 1. The van der Waals surface area contributed by atoms with Crippen LogP contribution in [0.25, 0.3) is 11.4 Å². The van der Waals surface area contributed by atoms with Crippen LogP contribution in [0.2, 0.25) is 0 Å². The number of rotatable bonds is 5. The number of aromatic nitrogens is 3. The molecule has 7 nitrogen and oxygen atoms in total. The highest BCUT2D eigenvalue weighted by Crippen LogP contribution is 2.32. The van der Waals surface area contributed by atoms with E-state index in [2.05, 4.69) is 10.2 Å². The summed E-state index contributed by atoms with van der Waals surface area (Å²) in [5.74, 6) is 1.15. The summed E-state index contributed by atoms with van der Waals surface area (Å²) in [6.45, 7) is 4.79. The normalized spacial score (nSPS) is 10.8. The molecule has 106 valence electrons. The van der Waals surface area contributed by atoms with Crippen LogP contribution in [0.15, 0.2) is 18.2 Å². The Morgan fingerprint density at radius 3 is 2.75 bits per heavy atom. The predicted molar refractivity (Wildman–Crippen MR) is 75.0 cm³/mol. The van der Waals surface area contributed by atoms with Crippen LogP contribution in [0.1, 0.15) is 24.7 Å². The minimum atomic E-state index is -0.393. The van der Waals surface area contributed by atoms with Gasteiger partial charge in [-0.1, -0.05) is 19.1 Å². The van der Waals surface area contributed by atoms with Crippen molar-refractivity contribution in [2.24, 2.45) is 5.73 Å². The topological polar surface area (TPSA) is 99.9 Å². The van der Waals surface area contributed by atoms with Crippen molar-refractivity contribution < 1.29 is 4.92 Å². The van der Waals surface area contributed by atoms with E-state index in [-0.39, 0.29) is 12.2 Å². The van der Waals surface area contributed by atoms with Crippen LogP contribution >= 0.6 is 0 Å². The molecule has 1 aromatic carbocycles. The maximum Gasteiger partial charge on any atom is 0.280 e. The lowest BCUT2D eigenvalue weighted by Crippen LogP contribution is -2.10. The first-order valence-corrected chi connectivity index (χ1v) is 6.46. The maximum absolute atomic E-state index is 11.2. The molecule has 0 unspecified atom stereocenters. The van der Waals surface area contributed by atoms with E-state index in [1.807, 2.05) is 24.5 Å². The number of nitrogens with two attached hydrogens (primary N) is 1. The van der Waals surface area contributed by atoms with Crippen molar-refractivity contribution in [2.45, 2.75) is 33.4 Å². The first-order valence-electron chi connectivity index (χ1n) is 6.46. The van der Waals surface area contributed by atoms with Crippen molar-refractivity contribution in [1.82, 2.24) is 14.8 Å². The number of nitro groups is 1. The third kappa shape index (κ3) is 2.39. The van der Waals surface area contributed by atoms with Gasteiger partial charge in [0.1, 0.15) is 5.82 Å². The van der Waals surface area contributed by atoms with E-state index in [1.54, 1.807) is 6.07 Å². The number of aryl methyl sites for hydroxylation is 1. The van der Waals surface area contributed by atoms with E-state index < -0.39 is 4.92 Å². The largest absolute Gasteiger partial charge is 0.324 e. The Hall–Kier alpha value is -2.28. The van der Waals surface area contributed by atoms with Crippen LogP contribution in [0.3, 0.4) is 0 Å². The summed E-state index contributed by atoms with van der Waals surface area (Å²) < 4.78 is 1.86. The molecule has 0 saturated carbocycles. The van der Waals surface area contributed by atoms with Crippen molar-refractivity contribution in [1.29, 1.82) is 0 Å². The van der Waals surface area contributed by atoms with Gasteiger partial charge in [0.05, 0.1) is 17.0 Å². The van der Waals surface area contributed by atoms with E-state index in [0.29, 0.717) is 23.8 Å². The number of benzene rings is 1. The Kier molecular flexibility index (Phi) is 4.09. The highest BCUT2D eigenvalue weighted by Gasteiger charge is 2.23. The molecule has 0 atom stereocenters. The van der Waals surface area contributed by atoms with Crippen molar-refractivity contribution >= 4 is 5.69 Å². The molecule has 0 saturated heterocycles. The van der Waals surface area contributed by atoms with E-state index in [1.165, 1.54) is 6.07 Å². The molecule has 0 bridgehead atoms. The molecule has 0 spiro atoms. The molecule has 0 fully saturated rings. The van der Waals surface area contributed by atoms with E-state index >= 15 is 0 Å². The summed E-state index contributed by atoms with van der Waals surface area (Å²) in [5.41, 5.74) is 7.00. The van der Waals surface area contributed by atoms with Gasteiger partial charge in [0.25, 0.3) is 5.69 Å². The predicted octanol–water partition coefficient (Wildman–Crippen LogP) is 2.03. The van der Waals surface area contributed by atoms with Crippen LogP contribution in [-0.4, -0.2) is 19.7 Å². The molecule has 0 aliphatic carbocycles. The highest BCUT2D eigenvalue weighted by molar-refractivity contribution is 5.72. The molecule has 20 heavy (non-hydrogen) atoms. The zero-order valence-electron chi connectivity index (χ0n) is 11.5. The van der Waals surface area contributed by atoms with E-state index in [9.17, 15) is 10.1 Å². The average molecular weight is 275 g/mol. The van der Waals surface area contributed by atoms with E-state index in [4.69, 9.17) is 5.73 Å². The molecule has 2 rings (SSSR count). The maximum atomic E-state index is 11.2. The van der Waals surface area contributed by atoms with Crippen LogP contribution in [0, 0.1) is 17.0 Å². The van der Waals surface area contributed by atoms with Crippen LogP contribution < -0.4 is 5.73 Å². The second kappa shape index (κ2) is 5.79. The number of hydrogen-bond donors (Lipinski definition) is 1. The standard InChI is InChI=1S/C13H17N5O2/c1-3-7-17-11(8-14)15-16-13(17)12-9(2)5-4-6-10(12)18(19)20/h4-6H,3,7-8,14H2,1-2H3. The fourth-order valence-corrected chi connectivity index (χ4v) is 2.23. The summed E-state index contributed by atoms with van der Waals surface area (Å²) in [6, 6.07) is 4.98. The van der Waals surface area contributed by atoms with Crippen molar-refractivity contribution in [3.05, 3.63) is 39.7 Å². The summed E-state index contributed by atoms with van der Waals surface area (Å²) >= 11 is 0. The van der Waals surface area contributed by atoms with Crippen molar-refractivity contribution in [3.8, 4) is 11.4 Å². The second-order valence-corrected chi connectivity index (χ2v) is 4.52. The molecular formula is C13H17N5O2. The van der Waals surface area contributed by atoms with Gasteiger partial charge < -0.3 is 10.3 Å². The van der Waals surface area contributed by atoms with Gasteiger partial charge in [0.15, 0.2) is 5.82 Å². The summed E-state index contributed by atoms with van der Waals surface area (Å²) in [7, 11) is 0. The first-order chi connectivity index (χ1) is 9.60. The molecule has 1 heterocycles. The number of hydrogen-bond acceptors (Lipinski definition) is 5. The molecule has 2 N–H and O–H groups in total. The van der Waals surface area contributed by atoms with Gasteiger partial charge in [0.2, 0.25) is 0 Å². The minimum absolute atomic E-state index is 0.0401. The molecule has 7 heteroatoms. The Labute approximate surface area is 116 Å². The average Bonchev–Trinajstić information content (AvgIpc) is 2.81. The fourth-order valence-electron chi connectivity index (χ4n) is 2.23. The molecular weight excluding hydrogens is 258 g/mol. The lowest BCUT2D eigenvalue weighted by Gasteiger charge is -2.10. The third-order valence-corrected chi connectivity index (χ3v) is 3.13. The van der Waals surface area contributed by atoms with Gasteiger partial charge in [-0.25, -0.2) is 0 Å². The lowest BCUT2D eigenvalue weighted by molar-refractivity contribution is -0.384.